The molecule has 7 aromatic rings. The second kappa shape index (κ2) is 15.7. The van der Waals surface area contributed by atoms with Crippen molar-refractivity contribution < 1.29 is 0 Å². The average Bonchev–Trinajstić information content (AvgIpc) is 3.19. The SMILES string of the molecule is CN(C)CC/C(=C(\B(c1ccc(-c2ccccc2)cc1)c1ccc(-c2ccccc2)cc1)c1ccc(-c2ccccc2)cc1)c1ccccc1. The van der Waals surface area contributed by atoms with Gasteiger partial charge in [-0.1, -0.05) is 211 Å². The molecule has 50 heavy (non-hydrogen) atoms. The fourth-order valence-electron chi connectivity index (χ4n) is 6.92. The predicted molar refractivity (Wildman–Crippen MR) is 217 cm³/mol. The molecule has 0 aromatic heterocycles. The van der Waals surface area contributed by atoms with Gasteiger partial charge in [-0.15, -0.1) is 0 Å². The van der Waals surface area contributed by atoms with Gasteiger partial charge < -0.3 is 4.90 Å². The number of nitrogens with zero attached hydrogens (tertiary/aromatic N) is 1. The molecule has 0 unspecified atom stereocenters. The monoisotopic (exact) mass is 643 g/mol. The Morgan fingerprint density at radius 3 is 1.10 bits per heavy atom. The first-order valence-corrected chi connectivity index (χ1v) is 17.5. The van der Waals surface area contributed by atoms with Crippen LogP contribution in [0.3, 0.4) is 0 Å². The van der Waals surface area contributed by atoms with Crippen LogP contribution in [0.15, 0.2) is 194 Å². The zero-order valence-corrected chi connectivity index (χ0v) is 28.9. The molecule has 0 saturated carbocycles. The van der Waals surface area contributed by atoms with Crippen molar-refractivity contribution in [3.8, 4) is 33.4 Å². The van der Waals surface area contributed by atoms with Crippen molar-refractivity contribution in [2.75, 3.05) is 20.6 Å². The summed E-state index contributed by atoms with van der Waals surface area (Å²) in [7, 11) is 4.33. The number of hydrogen-bond donors (Lipinski definition) is 0. The highest BCUT2D eigenvalue weighted by Crippen LogP contribution is 2.33. The first-order chi connectivity index (χ1) is 24.6. The van der Waals surface area contributed by atoms with Gasteiger partial charge in [-0.25, -0.2) is 0 Å². The molecule has 1 nitrogen and oxygen atoms in total. The van der Waals surface area contributed by atoms with Crippen LogP contribution in [0.5, 0.6) is 0 Å². The molecular formula is C48H42BN. The normalized spacial score (nSPS) is 11.7. The van der Waals surface area contributed by atoms with E-state index in [1.54, 1.807) is 0 Å². The van der Waals surface area contributed by atoms with Crippen LogP contribution in [-0.2, 0) is 0 Å². The molecule has 0 atom stereocenters. The molecule has 0 amide bonds. The second-order valence-electron chi connectivity index (χ2n) is 13.2. The van der Waals surface area contributed by atoms with Crippen molar-refractivity contribution in [1.82, 2.24) is 4.90 Å². The van der Waals surface area contributed by atoms with Gasteiger partial charge in [-0.3, -0.25) is 0 Å². The van der Waals surface area contributed by atoms with Crippen molar-refractivity contribution in [1.29, 1.82) is 0 Å². The van der Waals surface area contributed by atoms with Crippen LogP contribution >= 0.6 is 0 Å². The van der Waals surface area contributed by atoms with Crippen molar-refractivity contribution in [2.45, 2.75) is 6.42 Å². The Morgan fingerprint density at radius 2 is 0.720 bits per heavy atom. The van der Waals surface area contributed by atoms with Gasteiger partial charge in [0.25, 0.3) is 0 Å². The fourth-order valence-corrected chi connectivity index (χ4v) is 6.92. The molecule has 2 heteroatoms. The lowest BCUT2D eigenvalue weighted by Crippen LogP contribution is -2.44. The van der Waals surface area contributed by atoms with E-state index in [0.29, 0.717) is 0 Å². The molecule has 0 aliphatic heterocycles. The van der Waals surface area contributed by atoms with E-state index < -0.39 is 0 Å². The van der Waals surface area contributed by atoms with Gasteiger partial charge in [-0.05, 0) is 70.6 Å². The van der Waals surface area contributed by atoms with Gasteiger partial charge >= 0.3 is 0 Å². The average molecular weight is 644 g/mol. The summed E-state index contributed by atoms with van der Waals surface area (Å²) in [5, 5.41) is 0. The quantitative estimate of drug-likeness (QED) is 0.100. The van der Waals surface area contributed by atoms with Crippen LogP contribution in [0.25, 0.3) is 44.4 Å². The number of rotatable bonds is 11. The Labute approximate surface area is 298 Å². The lowest BCUT2D eigenvalue weighted by molar-refractivity contribution is 0.419. The molecule has 0 spiro atoms. The third-order valence-electron chi connectivity index (χ3n) is 9.55. The van der Waals surface area contributed by atoms with Gasteiger partial charge in [-0.2, -0.15) is 0 Å². The van der Waals surface area contributed by atoms with E-state index >= 15 is 0 Å². The van der Waals surface area contributed by atoms with Gasteiger partial charge in [0.15, 0.2) is 0 Å². The lowest BCUT2D eigenvalue weighted by Gasteiger charge is -2.26. The Kier molecular flexibility index (Phi) is 10.3. The van der Waals surface area contributed by atoms with Gasteiger partial charge in [0.1, 0.15) is 0 Å². The van der Waals surface area contributed by atoms with Gasteiger partial charge in [0.05, 0.1) is 0 Å². The van der Waals surface area contributed by atoms with E-state index in [0.717, 1.165) is 13.0 Å². The third kappa shape index (κ3) is 7.62. The Bertz CT molecular complexity index is 2040. The highest BCUT2D eigenvalue weighted by molar-refractivity contribution is 7.00. The summed E-state index contributed by atoms with van der Waals surface area (Å²) >= 11 is 0. The highest BCUT2D eigenvalue weighted by atomic mass is 15.0. The third-order valence-corrected chi connectivity index (χ3v) is 9.55. The van der Waals surface area contributed by atoms with Crippen LogP contribution in [0.1, 0.15) is 17.5 Å². The molecule has 0 heterocycles. The lowest BCUT2D eigenvalue weighted by atomic mass is 9.34. The molecule has 0 radical (unpaired) electrons. The summed E-state index contributed by atoms with van der Waals surface area (Å²) in [5.74, 6) is 0. The van der Waals surface area contributed by atoms with E-state index in [-0.39, 0.29) is 6.71 Å². The van der Waals surface area contributed by atoms with Crippen molar-refractivity contribution >= 4 is 28.7 Å². The summed E-state index contributed by atoms with van der Waals surface area (Å²) < 4.78 is 0. The maximum absolute atomic E-state index is 2.34. The Balaban J connectivity index is 1.45. The molecule has 0 saturated heterocycles. The molecular weight excluding hydrogens is 601 g/mol. The second-order valence-corrected chi connectivity index (χ2v) is 13.2. The van der Waals surface area contributed by atoms with E-state index in [9.17, 15) is 0 Å². The van der Waals surface area contributed by atoms with Gasteiger partial charge in [0, 0.05) is 6.54 Å². The van der Waals surface area contributed by atoms with E-state index in [2.05, 4.69) is 213 Å². The zero-order chi connectivity index (χ0) is 34.1. The van der Waals surface area contributed by atoms with Crippen LogP contribution in [0.2, 0.25) is 0 Å². The first kappa shape index (κ1) is 32.8. The summed E-state index contributed by atoms with van der Waals surface area (Å²) in [6.07, 6.45) is 0.924. The number of benzene rings is 7. The van der Waals surface area contributed by atoms with Gasteiger partial charge in [0.2, 0.25) is 6.71 Å². The molecule has 0 bridgehead atoms. The topological polar surface area (TPSA) is 3.24 Å². The molecule has 7 aromatic carbocycles. The highest BCUT2D eigenvalue weighted by Gasteiger charge is 2.29. The minimum atomic E-state index is 0.00425. The zero-order valence-electron chi connectivity index (χ0n) is 28.9. The summed E-state index contributed by atoms with van der Waals surface area (Å²) in [5.41, 5.74) is 15.1. The molecule has 7 rings (SSSR count). The molecule has 242 valence electrons. The van der Waals surface area contributed by atoms with E-state index in [1.807, 2.05) is 0 Å². The maximum Gasteiger partial charge on any atom is 0.242 e. The summed E-state index contributed by atoms with van der Waals surface area (Å²) in [6.45, 7) is 0.951. The largest absolute Gasteiger partial charge is 0.309 e. The van der Waals surface area contributed by atoms with Crippen LogP contribution in [-0.4, -0.2) is 32.3 Å². The summed E-state index contributed by atoms with van der Waals surface area (Å²) in [6, 6.07) is 70.7. The van der Waals surface area contributed by atoms with Crippen molar-refractivity contribution in [2.24, 2.45) is 0 Å². The smallest absolute Gasteiger partial charge is 0.242 e. The maximum atomic E-state index is 2.34. The van der Waals surface area contributed by atoms with Crippen LogP contribution in [0.4, 0.5) is 0 Å². The Hall–Kier alpha value is -5.70. The predicted octanol–water partition coefficient (Wildman–Crippen LogP) is 10.4. The van der Waals surface area contributed by atoms with Crippen molar-refractivity contribution in [3.05, 3.63) is 205 Å². The molecule has 0 aliphatic carbocycles. The minimum absolute atomic E-state index is 0.00425. The molecule has 0 aliphatic rings. The standard InChI is InChI=1S/C48H42BN/c1-50(2)36-35-47(43-21-13-6-14-22-43)48(44-25-23-40(24-26-44)37-15-7-3-8-16-37)49(45-31-27-41(28-32-45)38-17-9-4-10-18-38)46-33-29-42(30-34-46)39-19-11-5-12-20-39/h3-34H,35-36H2,1-2H3/b48-47+. The van der Waals surface area contributed by atoms with Crippen LogP contribution < -0.4 is 10.9 Å². The van der Waals surface area contributed by atoms with E-state index in [4.69, 9.17) is 0 Å². The van der Waals surface area contributed by atoms with E-state index in [1.165, 1.54) is 66.5 Å². The fraction of sp³-hybridized carbons (Fsp3) is 0.0833. The molecule has 0 fully saturated rings. The summed E-state index contributed by atoms with van der Waals surface area (Å²) in [4.78, 5) is 2.29. The Morgan fingerprint density at radius 1 is 0.380 bits per heavy atom. The number of hydrogen-bond acceptors (Lipinski definition) is 1. The first-order valence-electron chi connectivity index (χ1n) is 17.5. The molecule has 0 N–H and O–H groups in total. The van der Waals surface area contributed by atoms with Crippen LogP contribution in [0, 0.1) is 0 Å². The van der Waals surface area contributed by atoms with Crippen molar-refractivity contribution in [3.63, 3.8) is 0 Å². The minimum Gasteiger partial charge on any atom is -0.309 e.